The number of para-hydroxylation sites is 1. The summed E-state index contributed by atoms with van der Waals surface area (Å²) in [6, 6.07) is 8.60. The van der Waals surface area contributed by atoms with Crippen molar-refractivity contribution in [2.45, 2.75) is 6.61 Å². The zero-order valence-corrected chi connectivity index (χ0v) is 14.2. The number of rotatable bonds is 5. The lowest BCUT2D eigenvalue weighted by Crippen LogP contribution is -2.13. The summed E-state index contributed by atoms with van der Waals surface area (Å²) in [4.78, 5) is 12.2. The summed E-state index contributed by atoms with van der Waals surface area (Å²) in [5.41, 5.74) is -1.03. The molecular formula is C18H11F5N2O3. The van der Waals surface area contributed by atoms with Crippen LogP contribution in [0, 0.1) is 29.1 Å². The first-order valence-electron chi connectivity index (χ1n) is 7.71. The van der Waals surface area contributed by atoms with E-state index in [0.717, 1.165) is 0 Å². The standard InChI is InChI=1S/C18H11F5N2O3/c1-27-11-7-25(9-5-3-2-4-6-9)24-17(11)18(26)28-8-10-12(19)14(21)16(23)15(22)13(10)20/h2-7H,8H2,1H3. The third kappa shape index (κ3) is 3.40. The van der Waals surface area contributed by atoms with E-state index in [-0.39, 0.29) is 11.4 Å². The van der Waals surface area contributed by atoms with Crippen LogP contribution in [0.25, 0.3) is 5.69 Å². The third-order valence-corrected chi connectivity index (χ3v) is 3.76. The zero-order chi connectivity index (χ0) is 20.4. The quantitative estimate of drug-likeness (QED) is 0.283. The normalized spacial score (nSPS) is 10.8. The Labute approximate surface area is 154 Å². The first kappa shape index (κ1) is 19.3. The second-order valence-corrected chi connectivity index (χ2v) is 5.45. The number of ether oxygens (including phenoxy) is 2. The molecule has 146 valence electrons. The fraction of sp³-hybridized carbons (Fsp3) is 0.111. The highest BCUT2D eigenvalue weighted by molar-refractivity contribution is 5.90. The average molecular weight is 398 g/mol. The molecule has 5 nitrogen and oxygen atoms in total. The van der Waals surface area contributed by atoms with Crippen molar-refractivity contribution in [3.8, 4) is 11.4 Å². The Morgan fingerprint density at radius 2 is 1.54 bits per heavy atom. The molecule has 0 spiro atoms. The minimum atomic E-state index is -2.30. The number of hydrogen-bond acceptors (Lipinski definition) is 4. The highest BCUT2D eigenvalue weighted by atomic mass is 19.2. The van der Waals surface area contributed by atoms with Crippen LogP contribution in [-0.4, -0.2) is 22.9 Å². The van der Waals surface area contributed by atoms with Gasteiger partial charge in [0.05, 0.1) is 24.6 Å². The first-order chi connectivity index (χ1) is 13.3. The van der Waals surface area contributed by atoms with Crippen LogP contribution >= 0.6 is 0 Å². The number of aromatic nitrogens is 2. The van der Waals surface area contributed by atoms with Crippen molar-refractivity contribution in [2.75, 3.05) is 7.11 Å². The fourth-order valence-corrected chi connectivity index (χ4v) is 2.35. The lowest BCUT2D eigenvalue weighted by molar-refractivity contribution is 0.0451. The Balaban J connectivity index is 1.86. The van der Waals surface area contributed by atoms with Crippen molar-refractivity contribution in [3.05, 3.63) is 76.9 Å². The summed E-state index contributed by atoms with van der Waals surface area (Å²) < 4.78 is 77.9. The largest absolute Gasteiger partial charge is 0.493 e. The van der Waals surface area contributed by atoms with Crippen LogP contribution in [-0.2, 0) is 11.3 Å². The average Bonchev–Trinajstić information content (AvgIpc) is 3.16. The number of carbonyl (C=O) groups is 1. The monoisotopic (exact) mass is 398 g/mol. The van der Waals surface area contributed by atoms with Crippen LogP contribution in [0.3, 0.4) is 0 Å². The van der Waals surface area contributed by atoms with E-state index in [9.17, 15) is 26.7 Å². The number of esters is 1. The molecule has 28 heavy (non-hydrogen) atoms. The maximum absolute atomic E-state index is 13.7. The summed E-state index contributed by atoms with van der Waals surface area (Å²) in [6.07, 6.45) is 1.37. The maximum Gasteiger partial charge on any atom is 0.363 e. The number of carbonyl (C=O) groups excluding carboxylic acids is 1. The van der Waals surface area contributed by atoms with Crippen molar-refractivity contribution >= 4 is 5.97 Å². The predicted octanol–water partition coefficient (Wildman–Crippen LogP) is 3.93. The fourth-order valence-electron chi connectivity index (χ4n) is 2.35. The number of hydrogen-bond donors (Lipinski definition) is 0. The van der Waals surface area contributed by atoms with Crippen molar-refractivity contribution in [2.24, 2.45) is 0 Å². The van der Waals surface area contributed by atoms with E-state index >= 15 is 0 Å². The molecule has 0 amide bonds. The van der Waals surface area contributed by atoms with Crippen molar-refractivity contribution < 1.29 is 36.2 Å². The molecule has 0 aliphatic carbocycles. The Morgan fingerprint density at radius 3 is 2.11 bits per heavy atom. The number of benzene rings is 2. The Kier molecular flexibility index (Phi) is 5.30. The summed E-state index contributed by atoms with van der Waals surface area (Å²) in [7, 11) is 1.26. The van der Waals surface area contributed by atoms with Crippen LogP contribution in [0.15, 0.2) is 36.5 Å². The highest BCUT2D eigenvalue weighted by Crippen LogP contribution is 2.25. The molecule has 3 aromatic rings. The molecule has 1 heterocycles. The van der Waals surface area contributed by atoms with E-state index in [4.69, 9.17) is 4.74 Å². The molecule has 2 aromatic carbocycles. The molecule has 0 unspecified atom stereocenters. The minimum Gasteiger partial charge on any atom is -0.493 e. The highest BCUT2D eigenvalue weighted by Gasteiger charge is 2.27. The lowest BCUT2D eigenvalue weighted by atomic mass is 10.2. The van der Waals surface area contributed by atoms with Gasteiger partial charge in [0.1, 0.15) is 6.61 Å². The molecule has 10 heteroatoms. The Morgan fingerprint density at radius 1 is 0.964 bits per heavy atom. The first-order valence-corrected chi connectivity index (χ1v) is 7.71. The summed E-state index contributed by atoms with van der Waals surface area (Å²) in [5, 5.41) is 3.98. The predicted molar refractivity (Wildman–Crippen MR) is 85.5 cm³/mol. The maximum atomic E-state index is 13.7. The van der Waals surface area contributed by atoms with Gasteiger partial charge in [-0.2, -0.15) is 5.10 Å². The van der Waals surface area contributed by atoms with E-state index < -0.39 is 47.2 Å². The van der Waals surface area contributed by atoms with E-state index in [1.807, 2.05) is 0 Å². The SMILES string of the molecule is COc1cn(-c2ccccc2)nc1C(=O)OCc1c(F)c(F)c(F)c(F)c1F. The van der Waals surface area contributed by atoms with E-state index in [1.54, 1.807) is 30.3 Å². The van der Waals surface area contributed by atoms with Gasteiger partial charge in [-0.25, -0.2) is 31.4 Å². The molecule has 0 N–H and O–H groups in total. The molecule has 0 fully saturated rings. The molecule has 0 saturated heterocycles. The van der Waals surface area contributed by atoms with Gasteiger partial charge in [0, 0.05) is 0 Å². The molecular weight excluding hydrogens is 387 g/mol. The van der Waals surface area contributed by atoms with E-state index in [1.165, 1.54) is 18.0 Å². The van der Waals surface area contributed by atoms with Crippen molar-refractivity contribution in [1.82, 2.24) is 9.78 Å². The van der Waals surface area contributed by atoms with Crippen molar-refractivity contribution in [1.29, 1.82) is 0 Å². The molecule has 0 atom stereocenters. The number of halogens is 5. The molecule has 1 aromatic heterocycles. The summed E-state index contributed by atoms with van der Waals surface area (Å²) >= 11 is 0. The van der Waals surface area contributed by atoms with E-state index in [0.29, 0.717) is 5.69 Å². The van der Waals surface area contributed by atoms with Crippen LogP contribution in [0.1, 0.15) is 16.1 Å². The van der Waals surface area contributed by atoms with Crippen molar-refractivity contribution in [3.63, 3.8) is 0 Å². The van der Waals surface area contributed by atoms with Crippen LogP contribution in [0.4, 0.5) is 22.0 Å². The molecule has 0 saturated carbocycles. The van der Waals surface area contributed by atoms with Gasteiger partial charge in [-0.3, -0.25) is 0 Å². The minimum absolute atomic E-state index is 0.00809. The van der Waals surface area contributed by atoms with Gasteiger partial charge in [0.2, 0.25) is 11.5 Å². The molecule has 0 aliphatic rings. The zero-order valence-electron chi connectivity index (χ0n) is 14.2. The Hall–Kier alpha value is -3.43. The van der Waals surface area contributed by atoms with E-state index in [2.05, 4.69) is 9.84 Å². The second-order valence-electron chi connectivity index (χ2n) is 5.45. The lowest BCUT2D eigenvalue weighted by Gasteiger charge is -2.09. The van der Waals surface area contributed by atoms with Crippen LogP contribution in [0.2, 0.25) is 0 Å². The summed E-state index contributed by atoms with van der Waals surface area (Å²) in [6.45, 7) is -1.19. The molecule has 0 bridgehead atoms. The van der Waals surface area contributed by atoms with Gasteiger partial charge < -0.3 is 9.47 Å². The molecule has 3 rings (SSSR count). The van der Waals surface area contributed by atoms with Crippen LogP contribution in [0.5, 0.6) is 5.75 Å². The molecule has 0 radical (unpaired) electrons. The third-order valence-electron chi connectivity index (χ3n) is 3.76. The van der Waals surface area contributed by atoms with Gasteiger partial charge in [-0.15, -0.1) is 0 Å². The van der Waals surface area contributed by atoms with Gasteiger partial charge in [0.15, 0.2) is 29.0 Å². The number of methoxy groups -OCH3 is 1. The second kappa shape index (κ2) is 7.67. The Bertz CT molecular complexity index is 1010. The molecule has 0 aliphatic heterocycles. The van der Waals surface area contributed by atoms with Gasteiger partial charge in [-0.05, 0) is 12.1 Å². The summed E-state index contributed by atoms with van der Waals surface area (Å²) in [5.74, 6) is -11.9. The van der Waals surface area contributed by atoms with Gasteiger partial charge >= 0.3 is 5.97 Å². The van der Waals surface area contributed by atoms with Gasteiger partial charge in [-0.1, -0.05) is 18.2 Å². The smallest absolute Gasteiger partial charge is 0.363 e. The topological polar surface area (TPSA) is 53.4 Å². The van der Waals surface area contributed by atoms with Gasteiger partial charge in [0.25, 0.3) is 0 Å². The van der Waals surface area contributed by atoms with Crippen LogP contribution < -0.4 is 4.74 Å². The number of nitrogens with zero attached hydrogens (tertiary/aromatic N) is 2.